The molecule has 0 aliphatic rings. The van der Waals surface area contributed by atoms with E-state index in [-0.39, 0.29) is 0 Å². The van der Waals surface area contributed by atoms with Crippen LogP contribution in [0.25, 0.3) is 0 Å². The van der Waals surface area contributed by atoms with Crippen molar-refractivity contribution in [3.8, 4) is 0 Å². The van der Waals surface area contributed by atoms with Crippen LogP contribution in [0.3, 0.4) is 0 Å². The molecule has 18 heavy (non-hydrogen) atoms. The highest BCUT2D eigenvalue weighted by Crippen LogP contribution is 2.15. The summed E-state index contributed by atoms with van der Waals surface area (Å²) in [5.74, 6) is 1.49. The summed E-state index contributed by atoms with van der Waals surface area (Å²) >= 11 is 0. The van der Waals surface area contributed by atoms with E-state index in [1.807, 2.05) is 0 Å². The molecular formula is C16H36N2. The highest BCUT2D eigenvalue weighted by atomic mass is 15.1. The Hall–Kier alpha value is -0.0800. The van der Waals surface area contributed by atoms with Crippen molar-refractivity contribution in [3.63, 3.8) is 0 Å². The fourth-order valence-electron chi connectivity index (χ4n) is 2.46. The molecule has 0 amide bonds. The zero-order valence-corrected chi connectivity index (χ0v) is 13.3. The van der Waals surface area contributed by atoms with E-state index in [9.17, 15) is 0 Å². The summed E-state index contributed by atoms with van der Waals surface area (Å²) < 4.78 is 0. The second kappa shape index (κ2) is 12.0. The average Bonchev–Trinajstić information content (AvgIpc) is 2.35. The topological polar surface area (TPSA) is 29.3 Å². The molecule has 0 radical (unpaired) electrons. The predicted molar refractivity (Wildman–Crippen MR) is 82.9 cm³/mol. The molecule has 0 saturated heterocycles. The summed E-state index contributed by atoms with van der Waals surface area (Å²) in [6.07, 6.45) is 7.83. The van der Waals surface area contributed by atoms with E-state index in [0.29, 0.717) is 0 Å². The van der Waals surface area contributed by atoms with Gasteiger partial charge in [-0.05, 0) is 63.7 Å². The molecule has 1 atom stereocenters. The Balaban J connectivity index is 3.96. The van der Waals surface area contributed by atoms with Crippen molar-refractivity contribution >= 4 is 0 Å². The van der Waals surface area contributed by atoms with Crippen molar-refractivity contribution in [1.29, 1.82) is 0 Å². The molecule has 0 rings (SSSR count). The molecule has 2 nitrogen and oxygen atoms in total. The normalized spacial score (nSPS) is 13.5. The van der Waals surface area contributed by atoms with Gasteiger partial charge < -0.3 is 10.6 Å². The van der Waals surface area contributed by atoms with Gasteiger partial charge in [-0.25, -0.2) is 0 Å². The Kier molecular flexibility index (Phi) is 11.9. The standard InChI is InChI=1S/C16H36N2/c1-5-7-10-18(11-8-6-2)12-9-16(14-17)13-15(3)4/h15-16H,5-14,17H2,1-4H3. The molecule has 0 fully saturated rings. The number of nitrogens with zero attached hydrogens (tertiary/aromatic N) is 1. The Morgan fingerprint density at radius 1 is 0.944 bits per heavy atom. The molecule has 0 aliphatic carbocycles. The molecule has 0 bridgehead atoms. The minimum Gasteiger partial charge on any atom is -0.330 e. The Morgan fingerprint density at radius 3 is 1.89 bits per heavy atom. The number of hydrogen-bond acceptors (Lipinski definition) is 2. The lowest BCUT2D eigenvalue weighted by Crippen LogP contribution is -2.30. The molecule has 2 N–H and O–H groups in total. The maximum Gasteiger partial charge on any atom is -0.00156 e. The number of unbranched alkanes of at least 4 members (excludes halogenated alkanes) is 2. The third kappa shape index (κ3) is 9.90. The van der Waals surface area contributed by atoms with Crippen molar-refractivity contribution < 1.29 is 0 Å². The lowest BCUT2D eigenvalue weighted by molar-refractivity contribution is 0.236. The van der Waals surface area contributed by atoms with E-state index < -0.39 is 0 Å². The Bertz CT molecular complexity index is 160. The molecule has 0 saturated carbocycles. The number of rotatable bonds is 12. The first-order valence-electron chi connectivity index (χ1n) is 8.06. The summed E-state index contributed by atoms with van der Waals surface area (Å²) in [7, 11) is 0. The van der Waals surface area contributed by atoms with E-state index in [1.54, 1.807) is 0 Å². The van der Waals surface area contributed by atoms with Gasteiger partial charge in [0, 0.05) is 0 Å². The fourth-order valence-corrected chi connectivity index (χ4v) is 2.46. The van der Waals surface area contributed by atoms with Crippen LogP contribution in [0.15, 0.2) is 0 Å². The lowest BCUT2D eigenvalue weighted by Gasteiger charge is -2.25. The van der Waals surface area contributed by atoms with Gasteiger partial charge in [0.25, 0.3) is 0 Å². The first kappa shape index (κ1) is 17.9. The molecule has 1 unspecified atom stereocenters. The number of nitrogens with two attached hydrogens (primary N) is 1. The van der Waals surface area contributed by atoms with Gasteiger partial charge in [-0.2, -0.15) is 0 Å². The van der Waals surface area contributed by atoms with E-state index >= 15 is 0 Å². The van der Waals surface area contributed by atoms with Crippen LogP contribution in [0.5, 0.6) is 0 Å². The third-order valence-electron chi connectivity index (χ3n) is 3.65. The van der Waals surface area contributed by atoms with Crippen LogP contribution < -0.4 is 5.73 Å². The van der Waals surface area contributed by atoms with Crippen LogP contribution in [0.2, 0.25) is 0 Å². The van der Waals surface area contributed by atoms with Crippen LogP contribution in [-0.2, 0) is 0 Å². The molecule has 0 aliphatic heterocycles. The zero-order valence-electron chi connectivity index (χ0n) is 13.3. The van der Waals surface area contributed by atoms with Gasteiger partial charge >= 0.3 is 0 Å². The first-order chi connectivity index (χ1) is 8.63. The van der Waals surface area contributed by atoms with Gasteiger partial charge in [0.05, 0.1) is 0 Å². The molecule has 0 spiro atoms. The van der Waals surface area contributed by atoms with Crippen molar-refractivity contribution in [2.24, 2.45) is 17.6 Å². The summed E-state index contributed by atoms with van der Waals surface area (Å²) in [6.45, 7) is 13.8. The minimum absolute atomic E-state index is 0.718. The molecule has 0 aromatic heterocycles. The average molecular weight is 256 g/mol. The highest BCUT2D eigenvalue weighted by Gasteiger charge is 2.11. The van der Waals surface area contributed by atoms with E-state index in [0.717, 1.165) is 18.4 Å². The van der Waals surface area contributed by atoms with Gasteiger partial charge in [-0.3, -0.25) is 0 Å². The quantitative estimate of drug-likeness (QED) is 0.574. The SMILES string of the molecule is CCCCN(CCCC)CCC(CN)CC(C)C. The van der Waals surface area contributed by atoms with E-state index in [2.05, 4.69) is 32.6 Å². The highest BCUT2D eigenvalue weighted by molar-refractivity contribution is 4.66. The fraction of sp³-hybridized carbons (Fsp3) is 1.00. The molecule has 2 heteroatoms. The molecule has 0 aromatic rings. The summed E-state index contributed by atoms with van der Waals surface area (Å²) in [4.78, 5) is 2.65. The van der Waals surface area contributed by atoms with Crippen LogP contribution >= 0.6 is 0 Å². The largest absolute Gasteiger partial charge is 0.330 e. The molecule has 0 heterocycles. The van der Waals surface area contributed by atoms with Crippen molar-refractivity contribution in [3.05, 3.63) is 0 Å². The molecule has 110 valence electrons. The van der Waals surface area contributed by atoms with E-state index in [4.69, 9.17) is 5.73 Å². The second-order valence-corrected chi connectivity index (χ2v) is 6.07. The molecule has 0 aromatic carbocycles. The summed E-state index contributed by atoms with van der Waals surface area (Å²) in [6, 6.07) is 0. The molecular weight excluding hydrogens is 220 g/mol. The maximum atomic E-state index is 5.89. The van der Waals surface area contributed by atoms with Crippen LogP contribution in [0.1, 0.15) is 66.2 Å². The smallest absolute Gasteiger partial charge is 0.00156 e. The minimum atomic E-state index is 0.718. The predicted octanol–water partition coefficient (Wildman–Crippen LogP) is 3.90. The maximum absolute atomic E-state index is 5.89. The zero-order chi connectivity index (χ0) is 13.8. The van der Waals surface area contributed by atoms with Crippen molar-refractivity contribution in [1.82, 2.24) is 4.90 Å². The van der Waals surface area contributed by atoms with Gasteiger partial charge in [0.2, 0.25) is 0 Å². The van der Waals surface area contributed by atoms with Crippen molar-refractivity contribution in [2.75, 3.05) is 26.2 Å². The monoisotopic (exact) mass is 256 g/mol. The first-order valence-corrected chi connectivity index (χ1v) is 8.06. The van der Waals surface area contributed by atoms with Gasteiger partial charge in [-0.1, -0.05) is 40.5 Å². The summed E-state index contributed by atoms with van der Waals surface area (Å²) in [5, 5.41) is 0. The van der Waals surface area contributed by atoms with Gasteiger partial charge in [0.15, 0.2) is 0 Å². The Labute approximate surface area is 115 Å². The van der Waals surface area contributed by atoms with Crippen molar-refractivity contribution in [2.45, 2.75) is 66.2 Å². The van der Waals surface area contributed by atoms with Gasteiger partial charge in [-0.15, -0.1) is 0 Å². The number of hydrogen-bond donors (Lipinski definition) is 1. The van der Waals surface area contributed by atoms with E-state index in [1.165, 1.54) is 58.2 Å². The van der Waals surface area contributed by atoms with Gasteiger partial charge in [0.1, 0.15) is 0 Å². The summed E-state index contributed by atoms with van der Waals surface area (Å²) in [5.41, 5.74) is 5.89. The second-order valence-electron chi connectivity index (χ2n) is 6.07. The Morgan fingerprint density at radius 2 is 1.50 bits per heavy atom. The lowest BCUT2D eigenvalue weighted by atomic mass is 9.94. The van der Waals surface area contributed by atoms with Crippen LogP contribution in [0, 0.1) is 11.8 Å². The van der Waals surface area contributed by atoms with Crippen LogP contribution in [0.4, 0.5) is 0 Å². The van der Waals surface area contributed by atoms with Crippen LogP contribution in [-0.4, -0.2) is 31.1 Å². The third-order valence-corrected chi connectivity index (χ3v) is 3.65.